The Bertz CT molecular complexity index is 1940. The topological polar surface area (TPSA) is 183 Å². The number of hydrogen-bond donors (Lipinski definition) is 5. The van der Waals surface area contributed by atoms with Crippen LogP contribution in [-0.4, -0.2) is 95.7 Å². The molecule has 2 aromatic carbocycles. The fourth-order valence-corrected chi connectivity index (χ4v) is 6.48. The number of nitrogens with zero attached hydrogens (tertiary/aromatic N) is 3. The molecule has 55 heavy (non-hydrogen) atoms. The molecular formula is C41H54N8O6. The molecule has 3 amide bonds. The number of aromatic nitrogens is 4. The standard InChI is InChI=1S/C39H50N8O4.C2H4O2/c1-24(2)34(40-5)37(48)41-20-8-7-11-33-42-23-31(43-33)28-17-14-26(15-18-28)12-13-27-16-19-29-30(22-27)45-36(44-29)32-10-9-21-47(32)38(49)35(25(3)4)46-39(50)51-6;1-4-2-3/h14-19,22-25,32,34-35,40H,7-11,20-21H2,1-6H3,(H,41,48)(H,42,43)(H,44,45)(H,46,50);2H,1H3/t32?,34-,35?;/m0./s1. The number of alkyl carbamates (subject to hydrolysis) is 1. The lowest BCUT2D eigenvalue weighted by Crippen LogP contribution is -2.51. The number of imidazole rings is 2. The first kappa shape index (κ1) is 42.1. The van der Waals surface area contributed by atoms with Crippen LogP contribution in [-0.2, 0) is 30.3 Å². The summed E-state index contributed by atoms with van der Waals surface area (Å²) in [4.78, 5) is 64.7. The first-order chi connectivity index (χ1) is 26.5. The van der Waals surface area contributed by atoms with Gasteiger partial charge in [-0.3, -0.25) is 14.4 Å². The number of carbonyl (C=O) groups is 4. The summed E-state index contributed by atoms with van der Waals surface area (Å²) in [7, 11) is 4.42. The molecule has 1 aliphatic heterocycles. The highest BCUT2D eigenvalue weighted by molar-refractivity contribution is 5.86. The van der Waals surface area contributed by atoms with E-state index in [-0.39, 0.29) is 35.7 Å². The van der Waals surface area contributed by atoms with Crippen molar-refractivity contribution in [3.8, 4) is 23.1 Å². The quantitative estimate of drug-likeness (QED) is 0.0681. The van der Waals surface area contributed by atoms with Gasteiger partial charge < -0.3 is 40.3 Å². The van der Waals surface area contributed by atoms with Gasteiger partial charge in [0.2, 0.25) is 11.8 Å². The molecule has 1 aliphatic rings. The number of likely N-dealkylation sites (N-methyl/N-ethyl adjacent to an activating group) is 1. The van der Waals surface area contributed by atoms with E-state index < -0.39 is 12.1 Å². The molecule has 1 fully saturated rings. The van der Waals surface area contributed by atoms with E-state index in [4.69, 9.17) is 14.5 Å². The summed E-state index contributed by atoms with van der Waals surface area (Å²) >= 11 is 0. The minimum atomic E-state index is -0.681. The summed E-state index contributed by atoms with van der Waals surface area (Å²) in [5, 5.41) is 8.79. The van der Waals surface area contributed by atoms with E-state index in [1.165, 1.54) is 14.2 Å². The second-order valence-corrected chi connectivity index (χ2v) is 14.1. The van der Waals surface area contributed by atoms with Crippen LogP contribution in [0.25, 0.3) is 22.3 Å². The Morgan fingerprint density at radius 1 is 0.982 bits per heavy atom. The van der Waals surface area contributed by atoms with Crippen molar-refractivity contribution >= 4 is 35.4 Å². The van der Waals surface area contributed by atoms with Gasteiger partial charge in [-0.15, -0.1) is 0 Å². The van der Waals surface area contributed by atoms with Crippen molar-refractivity contribution in [3.05, 3.63) is 71.4 Å². The summed E-state index contributed by atoms with van der Waals surface area (Å²) in [5.74, 6) is 8.23. The lowest BCUT2D eigenvalue weighted by atomic mass is 10.0. The van der Waals surface area contributed by atoms with E-state index in [0.717, 1.165) is 77.2 Å². The first-order valence-electron chi connectivity index (χ1n) is 18.7. The van der Waals surface area contributed by atoms with Gasteiger partial charge in [-0.25, -0.2) is 14.8 Å². The molecule has 3 atom stereocenters. The van der Waals surface area contributed by atoms with Crippen molar-refractivity contribution in [1.29, 1.82) is 0 Å². The lowest BCUT2D eigenvalue weighted by Gasteiger charge is -2.29. The fourth-order valence-electron chi connectivity index (χ4n) is 6.48. The predicted molar refractivity (Wildman–Crippen MR) is 211 cm³/mol. The molecular weight excluding hydrogens is 701 g/mol. The number of nitrogens with one attached hydrogen (secondary N) is 5. The highest BCUT2D eigenvalue weighted by Gasteiger charge is 2.37. The summed E-state index contributed by atoms with van der Waals surface area (Å²) in [6, 6.07) is 12.9. The molecule has 0 aliphatic carbocycles. The van der Waals surface area contributed by atoms with Crippen LogP contribution in [0.15, 0.2) is 48.7 Å². The van der Waals surface area contributed by atoms with Gasteiger partial charge in [0.1, 0.15) is 17.7 Å². The minimum Gasteiger partial charge on any atom is -0.471 e. The van der Waals surface area contributed by atoms with Gasteiger partial charge in [0, 0.05) is 30.6 Å². The molecule has 14 heteroatoms. The molecule has 1 saturated heterocycles. The average molecular weight is 755 g/mol. The summed E-state index contributed by atoms with van der Waals surface area (Å²) in [5.41, 5.74) is 5.39. The van der Waals surface area contributed by atoms with E-state index in [9.17, 15) is 14.4 Å². The van der Waals surface area contributed by atoms with Crippen LogP contribution in [0.4, 0.5) is 4.79 Å². The molecule has 14 nitrogen and oxygen atoms in total. The van der Waals surface area contributed by atoms with Crippen molar-refractivity contribution in [1.82, 2.24) is 40.8 Å². The van der Waals surface area contributed by atoms with E-state index in [2.05, 4.69) is 47.5 Å². The van der Waals surface area contributed by atoms with Gasteiger partial charge in [0.05, 0.1) is 49.2 Å². The third kappa shape index (κ3) is 11.7. The van der Waals surface area contributed by atoms with Crippen LogP contribution in [0.5, 0.6) is 0 Å². The number of carbonyl (C=O) groups excluding carboxylic acids is 4. The number of H-pyrrole nitrogens is 2. The number of methoxy groups -OCH3 is 2. The van der Waals surface area contributed by atoms with Crippen molar-refractivity contribution in [2.24, 2.45) is 11.8 Å². The normalized spacial score (nSPS) is 14.7. The number of likely N-dealkylation sites (tertiary alicyclic amines) is 1. The molecule has 2 unspecified atom stereocenters. The third-order valence-corrected chi connectivity index (χ3v) is 9.41. The number of hydrogen-bond acceptors (Lipinski definition) is 9. The zero-order chi connectivity index (χ0) is 39.9. The van der Waals surface area contributed by atoms with E-state index in [1.54, 1.807) is 0 Å². The lowest BCUT2D eigenvalue weighted by molar-refractivity contribution is -0.135. The number of rotatable bonds is 14. The highest BCUT2D eigenvalue weighted by atomic mass is 16.5. The molecule has 0 radical (unpaired) electrons. The van der Waals surface area contributed by atoms with Crippen LogP contribution in [0.3, 0.4) is 0 Å². The maximum Gasteiger partial charge on any atom is 0.407 e. The molecule has 0 saturated carbocycles. The van der Waals surface area contributed by atoms with Gasteiger partial charge in [-0.2, -0.15) is 0 Å². The summed E-state index contributed by atoms with van der Waals surface area (Å²) < 4.78 is 8.61. The monoisotopic (exact) mass is 754 g/mol. The average Bonchev–Trinajstić information content (AvgIpc) is 3.96. The van der Waals surface area contributed by atoms with Crippen LogP contribution in [0.1, 0.15) is 82.2 Å². The number of ether oxygens (including phenoxy) is 2. The first-order valence-corrected chi connectivity index (χ1v) is 18.7. The zero-order valence-corrected chi connectivity index (χ0v) is 32.8. The van der Waals surface area contributed by atoms with Gasteiger partial charge in [0.15, 0.2) is 0 Å². The Kier molecular flexibility index (Phi) is 15.8. The van der Waals surface area contributed by atoms with Crippen LogP contribution >= 0.6 is 0 Å². The van der Waals surface area contributed by atoms with Gasteiger partial charge >= 0.3 is 6.09 Å². The number of benzene rings is 2. The van der Waals surface area contributed by atoms with Crippen molar-refractivity contribution in [2.45, 2.75) is 77.9 Å². The summed E-state index contributed by atoms with van der Waals surface area (Å²) in [6.45, 7) is 9.49. The SMILES string of the molecule is CN[C@H](C(=O)NCCCCc1ncc(-c2ccc(C#Cc3ccc4nc(C5CCCN5C(=O)C(NC(=O)OC)C(C)C)[nH]c4c3)cc2)[nH]1)C(C)C.COC=O. The maximum atomic E-state index is 13.5. The molecule has 0 spiro atoms. The number of unbranched alkanes of at least 4 members (excludes halogenated alkanes) is 1. The smallest absolute Gasteiger partial charge is 0.407 e. The Morgan fingerprint density at radius 2 is 1.67 bits per heavy atom. The minimum absolute atomic E-state index is 0.0458. The van der Waals surface area contributed by atoms with Gasteiger partial charge in [0.25, 0.3) is 6.47 Å². The Labute approximate surface area is 322 Å². The van der Waals surface area contributed by atoms with Crippen molar-refractivity contribution in [2.75, 3.05) is 34.4 Å². The van der Waals surface area contributed by atoms with Gasteiger partial charge in [-0.1, -0.05) is 51.7 Å². The van der Waals surface area contributed by atoms with E-state index in [1.807, 2.05) is 88.3 Å². The van der Waals surface area contributed by atoms with Crippen molar-refractivity contribution < 1.29 is 28.7 Å². The van der Waals surface area contributed by atoms with Crippen LogP contribution < -0.4 is 16.0 Å². The molecule has 3 heterocycles. The number of fused-ring (bicyclic) bond motifs is 1. The second kappa shape index (κ2) is 20.7. The molecule has 5 N–H and O–H groups in total. The van der Waals surface area contributed by atoms with Crippen molar-refractivity contribution in [3.63, 3.8) is 0 Å². The molecule has 4 aromatic rings. The Morgan fingerprint density at radius 3 is 2.33 bits per heavy atom. The Hall–Kier alpha value is -5.68. The van der Waals surface area contributed by atoms with Crippen LogP contribution in [0.2, 0.25) is 0 Å². The molecule has 2 aromatic heterocycles. The molecule has 294 valence electrons. The largest absolute Gasteiger partial charge is 0.471 e. The fraction of sp³-hybridized carbons (Fsp3) is 0.463. The third-order valence-electron chi connectivity index (χ3n) is 9.41. The van der Waals surface area contributed by atoms with Gasteiger partial charge in [-0.05, 0) is 80.5 Å². The molecule has 0 bridgehead atoms. The Balaban J connectivity index is 0.00000160. The predicted octanol–water partition coefficient (Wildman–Crippen LogP) is 4.87. The number of aryl methyl sites for hydroxylation is 1. The van der Waals surface area contributed by atoms with E-state index in [0.29, 0.717) is 19.6 Å². The number of amides is 3. The highest BCUT2D eigenvalue weighted by Crippen LogP contribution is 2.33. The maximum absolute atomic E-state index is 13.5. The van der Waals surface area contributed by atoms with E-state index >= 15 is 0 Å². The number of aromatic amines is 2. The molecule has 5 rings (SSSR count). The van der Waals surface area contributed by atoms with Crippen LogP contribution in [0, 0.1) is 23.7 Å². The zero-order valence-electron chi connectivity index (χ0n) is 32.8. The summed E-state index contributed by atoms with van der Waals surface area (Å²) in [6.07, 6.45) is 5.49. The second-order valence-electron chi connectivity index (χ2n) is 14.1.